The second-order valence-electron chi connectivity index (χ2n) is 10.9. The molecule has 39 heavy (non-hydrogen) atoms. The van der Waals surface area contributed by atoms with Crippen molar-refractivity contribution in [2.45, 2.75) is 58.8 Å². The summed E-state index contributed by atoms with van der Waals surface area (Å²) in [4.78, 5) is 19.1. The number of benzene rings is 3. The molecule has 3 aromatic carbocycles. The summed E-state index contributed by atoms with van der Waals surface area (Å²) in [5.41, 5.74) is 4.25. The maximum absolute atomic E-state index is 13.8. The lowest BCUT2D eigenvalue weighted by Crippen LogP contribution is -2.37. The average Bonchev–Trinajstić information content (AvgIpc) is 3.41. The quantitative estimate of drug-likeness (QED) is 0.250. The van der Waals surface area contributed by atoms with Crippen LogP contribution in [-0.2, 0) is 25.0 Å². The van der Waals surface area contributed by atoms with Gasteiger partial charge in [-0.25, -0.2) is 4.68 Å². The molecule has 2 aromatic heterocycles. The molecule has 1 unspecified atom stereocenters. The van der Waals surface area contributed by atoms with Crippen LogP contribution in [0, 0.1) is 0 Å². The number of aryl methyl sites for hydroxylation is 1. The zero-order valence-electron chi connectivity index (χ0n) is 22.7. The van der Waals surface area contributed by atoms with Gasteiger partial charge in [0.2, 0.25) is 0 Å². The number of H-pyrrole nitrogens is 1. The number of pyridine rings is 1. The number of fused-ring (bicyclic) bond motifs is 1. The topological polar surface area (TPSA) is 79.7 Å². The van der Waals surface area contributed by atoms with Crippen LogP contribution in [0.5, 0.6) is 0 Å². The zero-order valence-corrected chi connectivity index (χ0v) is 23.5. The Morgan fingerprint density at radius 1 is 0.923 bits per heavy atom. The van der Waals surface area contributed by atoms with Crippen LogP contribution < -0.4 is 5.56 Å². The molecule has 0 fully saturated rings. The fourth-order valence-corrected chi connectivity index (χ4v) is 5.04. The van der Waals surface area contributed by atoms with Crippen molar-refractivity contribution >= 4 is 22.5 Å². The fourth-order valence-electron chi connectivity index (χ4n) is 4.92. The Kier molecular flexibility index (Phi) is 7.64. The standard InChI is InChI=1S/C31H33ClN6O/c1-5-21-13-16-27-24(17-21)18-26(30(39)33-27)28(29-34-35-36-38(29)31(2,3)4)37(19-22-9-7-6-8-10-22)20-23-11-14-25(32)15-12-23/h6-18,28H,5,19-20H2,1-4H3,(H,33,39). The third-order valence-electron chi connectivity index (χ3n) is 6.91. The van der Waals surface area contributed by atoms with Gasteiger partial charge in [-0.1, -0.05) is 67.1 Å². The van der Waals surface area contributed by atoms with E-state index in [-0.39, 0.29) is 5.56 Å². The lowest BCUT2D eigenvalue weighted by Gasteiger charge is -2.33. The normalized spacial score (nSPS) is 12.8. The van der Waals surface area contributed by atoms with E-state index in [1.807, 2.05) is 59.3 Å². The van der Waals surface area contributed by atoms with Gasteiger partial charge in [-0.15, -0.1) is 5.10 Å². The van der Waals surface area contributed by atoms with Crippen molar-refractivity contribution in [1.82, 2.24) is 30.1 Å². The van der Waals surface area contributed by atoms with Gasteiger partial charge in [0, 0.05) is 29.2 Å². The first kappa shape index (κ1) is 26.8. The van der Waals surface area contributed by atoms with Crippen molar-refractivity contribution in [1.29, 1.82) is 0 Å². The molecule has 5 aromatic rings. The van der Waals surface area contributed by atoms with E-state index < -0.39 is 11.6 Å². The van der Waals surface area contributed by atoms with E-state index >= 15 is 0 Å². The van der Waals surface area contributed by atoms with Crippen molar-refractivity contribution in [3.05, 3.63) is 122 Å². The monoisotopic (exact) mass is 540 g/mol. The van der Waals surface area contributed by atoms with Crippen LogP contribution in [0.2, 0.25) is 5.02 Å². The maximum atomic E-state index is 13.8. The van der Waals surface area contributed by atoms with Gasteiger partial charge in [0.25, 0.3) is 5.56 Å². The molecular weight excluding hydrogens is 508 g/mol. The summed E-state index contributed by atoms with van der Waals surface area (Å²) in [5, 5.41) is 14.6. The molecule has 8 heteroatoms. The summed E-state index contributed by atoms with van der Waals surface area (Å²) >= 11 is 6.20. The molecule has 0 saturated heterocycles. The molecule has 0 aliphatic carbocycles. The minimum atomic E-state index is -0.520. The van der Waals surface area contributed by atoms with E-state index in [0.29, 0.717) is 29.5 Å². The molecular formula is C31H33ClN6O. The van der Waals surface area contributed by atoms with Crippen LogP contribution in [0.4, 0.5) is 0 Å². The Hall–Kier alpha value is -3.81. The van der Waals surface area contributed by atoms with E-state index in [1.54, 1.807) is 0 Å². The second-order valence-corrected chi connectivity index (χ2v) is 11.3. The number of tetrazole rings is 1. The number of nitrogens with zero attached hydrogens (tertiary/aromatic N) is 5. The van der Waals surface area contributed by atoms with E-state index in [9.17, 15) is 4.79 Å². The highest BCUT2D eigenvalue weighted by molar-refractivity contribution is 6.30. The number of rotatable bonds is 8. The predicted molar refractivity (Wildman–Crippen MR) is 156 cm³/mol. The van der Waals surface area contributed by atoms with Crippen LogP contribution >= 0.6 is 11.6 Å². The Labute approximate surface area is 233 Å². The minimum Gasteiger partial charge on any atom is -0.322 e. The van der Waals surface area contributed by atoms with Gasteiger partial charge >= 0.3 is 0 Å². The first-order chi connectivity index (χ1) is 18.7. The largest absolute Gasteiger partial charge is 0.322 e. The van der Waals surface area contributed by atoms with E-state index in [0.717, 1.165) is 28.5 Å². The van der Waals surface area contributed by atoms with Crippen molar-refractivity contribution in [2.75, 3.05) is 0 Å². The average molecular weight is 541 g/mol. The number of aromatic amines is 1. The Morgan fingerprint density at radius 3 is 2.26 bits per heavy atom. The molecule has 0 bridgehead atoms. The molecule has 1 N–H and O–H groups in total. The van der Waals surface area contributed by atoms with Gasteiger partial charge in [-0.05, 0) is 90.0 Å². The van der Waals surface area contributed by atoms with Crippen LogP contribution in [0.25, 0.3) is 10.9 Å². The Balaban J connectivity index is 1.73. The second kappa shape index (κ2) is 11.1. The molecule has 0 saturated carbocycles. The van der Waals surface area contributed by atoms with E-state index in [4.69, 9.17) is 11.6 Å². The van der Waals surface area contributed by atoms with Crippen molar-refractivity contribution in [2.24, 2.45) is 0 Å². The van der Waals surface area contributed by atoms with Crippen molar-refractivity contribution in [3.63, 3.8) is 0 Å². The third-order valence-corrected chi connectivity index (χ3v) is 7.16. The first-order valence-corrected chi connectivity index (χ1v) is 13.6. The highest BCUT2D eigenvalue weighted by Crippen LogP contribution is 2.32. The predicted octanol–water partition coefficient (Wildman–Crippen LogP) is 6.28. The van der Waals surface area contributed by atoms with E-state index in [2.05, 4.69) is 77.4 Å². The molecule has 1 atom stereocenters. The van der Waals surface area contributed by atoms with Gasteiger partial charge in [0.1, 0.15) is 6.04 Å². The molecule has 0 amide bonds. The molecule has 0 aliphatic heterocycles. The van der Waals surface area contributed by atoms with E-state index in [1.165, 1.54) is 5.56 Å². The highest BCUT2D eigenvalue weighted by atomic mass is 35.5. The zero-order chi connectivity index (χ0) is 27.6. The SMILES string of the molecule is CCc1ccc2[nH]c(=O)c(C(c3nnnn3C(C)(C)C)N(Cc3ccccc3)Cc3ccc(Cl)cc3)cc2c1. The van der Waals surface area contributed by atoms with Gasteiger partial charge in [0.15, 0.2) is 5.82 Å². The van der Waals surface area contributed by atoms with Gasteiger partial charge in [-0.2, -0.15) is 0 Å². The summed E-state index contributed by atoms with van der Waals surface area (Å²) < 4.78 is 1.82. The van der Waals surface area contributed by atoms with Crippen molar-refractivity contribution < 1.29 is 0 Å². The van der Waals surface area contributed by atoms with Crippen LogP contribution in [0.15, 0.2) is 83.7 Å². The lowest BCUT2D eigenvalue weighted by atomic mass is 9.99. The smallest absolute Gasteiger partial charge is 0.253 e. The lowest BCUT2D eigenvalue weighted by molar-refractivity contribution is 0.184. The van der Waals surface area contributed by atoms with Gasteiger partial charge in [0.05, 0.1) is 5.54 Å². The fraction of sp³-hybridized carbons (Fsp3) is 0.290. The number of halogens is 1. The summed E-state index contributed by atoms with van der Waals surface area (Å²) in [6.45, 7) is 9.44. The van der Waals surface area contributed by atoms with Crippen molar-refractivity contribution in [3.8, 4) is 0 Å². The van der Waals surface area contributed by atoms with Crippen LogP contribution in [0.1, 0.15) is 61.8 Å². The molecule has 0 aliphatic rings. The van der Waals surface area contributed by atoms with Crippen LogP contribution in [0.3, 0.4) is 0 Å². The molecule has 2 heterocycles. The maximum Gasteiger partial charge on any atom is 0.253 e. The Morgan fingerprint density at radius 2 is 1.59 bits per heavy atom. The molecule has 5 rings (SSSR count). The summed E-state index contributed by atoms with van der Waals surface area (Å²) in [7, 11) is 0. The minimum absolute atomic E-state index is 0.158. The third kappa shape index (κ3) is 5.95. The Bertz CT molecular complexity index is 1620. The number of hydrogen-bond acceptors (Lipinski definition) is 5. The molecule has 0 spiro atoms. The number of hydrogen-bond donors (Lipinski definition) is 1. The van der Waals surface area contributed by atoms with Gasteiger partial charge in [-0.3, -0.25) is 9.69 Å². The number of aromatic nitrogens is 5. The molecule has 0 radical (unpaired) electrons. The summed E-state index contributed by atoms with van der Waals surface area (Å²) in [5.74, 6) is 0.615. The summed E-state index contributed by atoms with van der Waals surface area (Å²) in [6, 6.07) is 25.7. The molecule has 200 valence electrons. The first-order valence-electron chi connectivity index (χ1n) is 13.2. The highest BCUT2D eigenvalue weighted by Gasteiger charge is 2.33. The molecule has 7 nitrogen and oxygen atoms in total. The van der Waals surface area contributed by atoms with Crippen LogP contribution in [-0.4, -0.2) is 30.1 Å². The van der Waals surface area contributed by atoms with Gasteiger partial charge < -0.3 is 4.98 Å². The number of nitrogens with one attached hydrogen (secondary N) is 1. The summed E-state index contributed by atoms with van der Waals surface area (Å²) in [6.07, 6.45) is 0.910.